The maximum Gasteiger partial charge on any atom is 0.254 e. The van der Waals surface area contributed by atoms with Crippen molar-refractivity contribution >= 4 is 5.91 Å². The second kappa shape index (κ2) is 7.07. The van der Waals surface area contributed by atoms with E-state index in [-0.39, 0.29) is 11.9 Å². The van der Waals surface area contributed by atoms with E-state index in [0.717, 1.165) is 25.8 Å². The van der Waals surface area contributed by atoms with Gasteiger partial charge in [0.25, 0.3) is 5.91 Å². The molecule has 0 saturated heterocycles. The Bertz CT molecular complexity index is 881. The number of hydrogen-bond acceptors (Lipinski definition) is 4. The molecule has 2 heterocycles. The lowest BCUT2D eigenvalue weighted by Gasteiger charge is -2.29. The van der Waals surface area contributed by atoms with Gasteiger partial charge in [-0.25, -0.2) is 4.98 Å². The summed E-state index contributed by atoms with van der Waals surface area (Å²) in [6.07, 6.45) is 7.59. The second-order valence-corrected chi connectivity index (χ2v) is 6.60. The molecule has 0 bridgehead atoms. The van der Waals surface area contributed by atoms with Crippen molar-refractivity contribution in [1.29, 1.82) is 0 Å². The minimum absolute atomic E-state index is 0.0568. The maximum atomic E-state index is 13.3. The largest absolute Gasteiger partial charge is 0.335 e. The van der Waals surface area contributed by atoms with Crippen molar-refractivity contribution in [2.24, 2.45) is 0 Å². The lowest BCUT2D eigenvalue weighted by atomic mass is 10.1. The standard InChI is InChI=1S/C20H21N5O/c1-2-9-25(18-10-15-5-3-4-6-16(15)11-18)20(26)17-7-8-21-19(12-17)24-13-22-23-14-24/h3-8,12-14,18H,2,9-11H2,1H3. The first-order valence-corrected chi connectivity index (χ1v) is 8.95. The van der Waals surface area contributed by atoms with E-state index >= 15 is 0 Å². The van der Waals surface area contributed by atoms with Crippen molar-refractivity contribution in [3.63, 3.8) is 0 Å². The number of aromatic nitrogens is 4. The number of rotatable bonds is 5. The van der Waals surface area contributed by atoms with Gasteiger partial charge in [0.2, 0.25) is 0 Å². The molecule has 0 radical (unpaired) electrons. The zero-order valence-corrected chi connectivity index (χ0v) is 14.7. The van der Waals surface area contributed by atoms with Gasteiger partial charge in [-0.2, -0.15) is 0 Å². The van der Waals surface area contributed by atoms with Gasteiger partial charge in [-0.1, -0.05) is 31.2 Å². The highest BCUT2D eigenvalue weighted by atomic mass is 16.2. The van der Waals surface area contributed by atoms with Gasteiger partial charge in [0, 0.05) is 24.3 Å². The number of fused-ring (bicyclic) bond motifs is 1. The molecule has 0 N–H and O–H groups in total. The molecule has 1 aliphatic rings. The normalized spacial score (nSPS) is 13.6. The summed E-state index contributed by atoms with van der Waals surface area (Å²) in [4.78, 5) is 19.6. The Balaban J connectivity index is 1.60. The molecule has 0 atom stereocenters. The average Bonchev–Trinajstić information content (AvgIpc) is 3.35. The van der Waals surface area contributed by atoms with Crippen molar-refractivity contribution in [3.8, 4) is 5.82 Å². The fourth-order valence-electron chi connectivity index (χ4n) is 3.62. The highest BCUT2D eigenvalue weighted by Crippen LogP contribution is 2.26. The molecule has 132 valence electrons. The van der Waals surface area contributed by atoms with Crippen LogP contribution in [0.3, 0.4) is 0 Å². The summed E-state index contributed by atoms with van der Waals surface area (Å²) in [7, 11) is 0. The molecular weight excluding hydrogens is 326 g/mol. The van der Waals surface area contributed by atoms with Gasteiger partial charge < -0.3 is 4.90 Å². The molecule has 0 unspecified atom stereocenters. The third-order valence-corrected chi connectivity index (χ3v) is 4.87. The Morgan fingerprint density at radius 1 is 1.15 bits per heavy atom. The number of carbonyl (C=O) groups is 1. The second-order valence-electron chi connectivity index (χ2n) is 6.60. The number of pyridine rings is 1. The third-order valence-electron chi connectivity index (χ3n) is 4.87. The molecule has 2 aromatic heterocycles. The van der Waals surface area contributed by atoms with E-state index in [2.05, 4.69) is 46.4 Å². The van der Waals surface area contributed by atoms with Crippen LogP contribution in [-0.4, -0.2) is 43.1 Å². The van der Waals surface area contributed by atoms with Crippen LogP contribution in [0, 0.1) is 0 Å². The van der Waals surface area contributed by atoms with Gasteiger partial charge in [0.15, 0.2) is 0 Å². The van der Waals surface area contributed by atoms with Crippen LogP contribution in [0.1, 0.15) is 34.8 Å². The molecule has 1 aromatic carbocycles. The molecular formula is C20H21N5O. The lowest BCUT2D eigenvalue weighted by Crippen LogP contribution is -2.41. The summed E-state index contributed by atoms with van der Waals surface area (Å²) in [5, 5.41) is 7.60. The summed E-state index contributed by atoms with van der Waals surface area (Å²) >= 11 is 0. The number of benzene rings is 1. The molecule has 0 aliphatic heterocycles. The first-order valence-electron chi connectivity index (χ1n) is 8.95. The zero-order valence-electron chi connectivity index (χ0n) is 14.7. The Labute approximate surface area is 152 Å². The van der Waals surface area contributed by atoms with Crippen molar-refractivity contribution in [2.45, 2.75) is 32.2 Å². The molecule has 0 spiro atoms. The van der Waals surface area contributed by atoms with E-state index in [4.69, 9.17) is 0 Å². The molecule has 1 aliphatic carbocycles. The van der Waals surface area contributed by atoms with Crippen molar-refractivity contribution < 1.29 is 4.79 Å². The van der Waals surface area contributed by atoms with Crippen LogP contribution in [0.4, 0.5) is 0 Å². The summed E-state index contributed by atoms with van der Waals surface area (Å²) in [6.45, 7) is 2.86. The summed E-state index contributed by atoms with van der Waals surface area (Å²) in [5.41, 5.74) is 3.35. The van der Waals surface area contributed by atoms with Gasteiger partial charge in [-0.15, -0.1) is 10.2 Å². The Morgan fingerprint density at radius 2 is 1.85 bits per heavy atom. The molecule has 0 fully saturated rings. The monoisotopic (exact) mass is 347 g/mol. The number of nitrogens with zero attached hydrogens (tertiary/aromatic N) is 5. The van der Waals surface area contributed by atoms with E-state index in [9.17, 15) is 4.79 Å². The molecule has 3 aromatic rings. The predicted octanol–water partition coefficient (Wildman–Crippen LogP) is 2.68. The van der Waals surface area contributed by atoms with Crippen LogP contribution in [0.25, 0.3) is 5.82 Å². The highest BCUT2D eigenvalue weighted by molar-refractivity contribution is 5.94. The van der Waals surface area contributed by atoms with E-state index in [0.29, 0.717) is 11.4 Å². The minimum atomic E-state index is 0.0568. The maximum absolute atomic E-state index is 13.3. The fraction of sp³-hybridized carbons (Fsp3) is 0.300. The number of hydrogen-bond donors (Lipinski definition) is 0. The van der Waals surface area contributed by atoms with Gasteiger partial charge in [0.1, 0.15) is 18.5 Å². The summed E-state index contributed by atoms with van der Waals surface area (Å²) in [5.74, 6) is 0.702. The van der Waals surface area contributed by atoms with Crippen LogP contribution >= 0.6 is 0 Å². The first-order chi connectivity index (χ1) is 12.8. The van der Waals surface area contributed by atoms with Gasteiger partial charge in [-0.05, 0) is 42.5 Å². The Kier molecular flexibility index (Phi) is 4.48. The smallest absolute Gasteiger partial charge is 0.254 e. The Morgan fingerprint density at radius 3 is 2.50 bits per heavy atom. The van der Waals surface area contributed by atoms with E-state index < -0.39 is 0 Å². The first kappa shape index (κ1) is 16.4. The average molecular weight is 347 g/mol. The molecule has 26 heavy (non-hydrogen) atoms. The minimum Gasteiger partial charge on any atom is -0.335 e. The quantitative estimate of drug-likeness (QED) is 0.712. The van der Waals surface area contributed by atoms with Crippen LogP contribution in [-0.2, 0) is 12.8 Å². The highest BCUT2D eigenvalue weighted by Gasteiger charge is 2.30. The van der Waals surface area contributed by atoms with Crippen molar-refractivity contribution in [2.75, 3.05) is 6.54 Å². The van der Waals surface area contributed by atoms with Gasteiger partial charge >= 0.3 is 0 Å². The topological polar surface area (TPSA) is 63.9 Å². The molecule has 0 saturated carbocycles. The summed E-state index contributed by atoms with van der Waals surface area (Å²) < 4.78 is 1.70. The van der Waals surface area contributed by atoms with Crippen LogP contribution < -0.4 is 0 Å². The Hall–Kier alpha value is -3.02. The van der Waals surface area contributed by atoms with E-state index in [1.54, 1.807) is 35.6 Å². The lowest BCUT2D eigenvalue weighted by molar-refractivity contribution is 0.0684. The van der Waals surface area contributed by atoms with E-state index in [1.165, 1.54) is 11.1 Å². The number of carbonyl (C=O) groups excluding carboxylic acids is 1. The van der Waals surface area contributed by atoms with Crippen LogP contribution in [0.5, 0.6) is 0 Å². The van der Waals surface area contributed by atoms with Crippen LogP contribution in [0.15, 0.2) is 55.2 Å². The van der Waals surface area contributed by atoms with Gasteiger partial charge in [0.05, 0.1) is 0 Å². The zero-order chi connectivity index (χ0) is 17.9. The number of amides is 1. The molecule has 6 heteroatoms. The van der Waals surface area contributed by atoms with Gasteiger partial charge in [-0.3, -0.25) is 9.36 Å². The molecule has 6 nitrogen and oxygen atoms in total. The fourth-order valence-corrected chi connectivity index (χ4v) is 3.62. The predicted molar refractivity (Wildman–Crippen MR) is 98.1 cm³/mol. The SMILES string of the molecule is CCCN(C(=O)c1ccnc(-n2cnnc2)c1)C1Cc2ccccc2C1. The molecule has 1 amide bonds. The molecule has 4 rings (SSSR count). The summed E-state index contributed by atoms with van der Waals surface area (Å²) in [6, 6.07) is 12.3. The van der Waals surface area contributed by atoms with Crippen molar-refractivity contribution in [1.82, 2.24) is 24.6 Å². The van der Waals surface area contributed by atoms with Crippen LogP contribution in [0.2, 0.25) is 0 Å². The third kappa shape index (κ3) is 3.10. The van der Waals surface area contributed by atoms with E-state index in [1.807, 2.05) is 4.90 Å². The van der Waals surface area contributed by atoms with Crippen molar-refractivity contribution in [3.05, 3.63) is 71.9 Å².